The molecule has 1 aromatic rings. The molecule has 0 aliphatic carbocycles. The number of nitrogens with two attached hydrogens (primary N) is 1. The number of benzene rings is 1. The topological polar surface area (TPSA) is 67.6 Å². The van der Waals surface area contributed by atoms with Crippen LogP contribution in [0, 0.1) is 0 Å². The van der Waals surface area contributed by atoms with Crippen molar-refractivity contribution in [1.82, 2.24) is 4.90 Å². The molecular weight excluding hydrogens is 266 g/mol. The Kier molecular flexibility index (Phi) is 6.66. The van der Waals surface area contributed by atoms with E-state index in [1.165, 1.54) is 0 Å². The number of para-hydroxylation sites is 1. The summed E-state index contributed by atoms with van der Waals surface area (Å²) in [6.45, 7) is 5.08. The van der Waals surface area contributed by atoms with E-state index in [9.17, 15) is 4.79 Å². The first-order chi connectivity index (χ1) is 10.3. The Bertz CT molecular complexity index is 443. The molecule has 0 radical (unpaired) electrons. The van der Waals surface area contributed by atoms with Crippen LogP contribution in [-0.4, -0.2) is 43.7 Å². The van der Waals surface area contributed by atoms with Crippen molar-refractivity contribution in [1.29, 1.82) is 0 Å². The van der Waals surface area contributed by atoms with Crippen molar-refractivity contribution >= 4 is 11.6 Å². The molecule has 1 fully saturated rings. The number of hydrogen-bond donors (Lipinski definition) is 2. The van der Waals surface area contributed by atoms with E-state index in [1.807, 2.05) is 24.3 Å². The van der Waals surface area contributed by atoms with E-state index in [2.05, 4.69) is 10.2 Å². The van der Waals surface area contributed by atoms with Crippen LogP contribution in [0.5, 0.6) is 0 Å². The van der Waals surface area contributed by atoms with Gasteiger partial charge in [-0.15, -0.1) is 0 Å². The van der Waals surface area contributed by atoms with Gasteiger partial charge in [-0.2, -0.15) is 0 Å². The number of carbonyl (C=O) groups excluding carboxylic acids is 1. The van der Waals surface area contributed by atoms with Gasteiger partial charge in [-0.1, -0.05) is 18.2 Å². The molecule has 1 heterocycles. The van der Waals surface area contributed by atoms with Crippen LogP contribution in [-0.2, 0) is 16.1 Å². The molecule has 0 saturated carbocycles. The van der Waals surface area contributed by atoms with E-state index in [0.29, 0.717) is 13.0 Å². The number of carbonyl (C=O) groups is 1. The molecule has 0 spiro atoms. The Morgan fingerprint density at radius 2 is 2.14 bits per heavy atom. The predicted octanol–water partition coefficient (Wildman–Crippen LogP) is 1.59. The summed E-state index contributed by atoms with van der Waals surface area (Å²) in [7, 11) is 0. The third kappa shape index (κ3) is 5.46. The first-order valence-electron chi connectivity index (χ1n) is 7.67. The Labute approximate surface area is 126 Å². The number of amides is 1. The maximum Gasteiger partial charge on any atom is 0.224 e. The molecule has 0 unspecified atom stereocenters. The van der Waals surface area contributed by atoms with Gasteiger partial charge >= 0.3 is 0 Å². The maximum absolute atomic E-state index is 12.0. The molecule has 1 amide bonds. The molecule has 116 valence electrons. The summed E-state index contributed by atoms with van der Waals surface area (Å²) in [6, 6.07) is 7.67. The zero-order valence-electron chi connectivity index (χ0n) is 12.5. The second kappa shape index (κ2) is 8.77. The van der Waals surface area contributed by atoms with Gasteiger partial charge in [-0.25, -0.2) is 0 Å². The first kappa shape index (κ1) is 15.9. The van der Waals surface area contributed by atoms with Crippen LogP contribution in [0.3, 0.4) is 0 Å². The van der Waals surface area contributed by atoms with Gasteiger partial charge in [-0.3, -0.25) is 4.79 Å². The van der Waals surface area contributed by atoms with E-state index >= 15 is 0 Å². The number of hydrogen-bond acceptors (Lipinski definition) is 4. The van der Waals surface area contributed by atoms with Gasteiger partial charge in [0.1, 0.15) is 0 Å². The highest BCUT2D eigenvalue weighted by atomic mass is 16.5. The largest absolute Gasteiger partial charge is 0.380 e. The molecular formula is C16H25N3O2. The lowest BCUT2D eigenvalue weighted by molar-refractivity contribution is -0.116. The molecule has 0 aromatic heterocycles. The van der Waals surface area contributed by atoms with Gasteiger partial charge in [-0.05, 0) is 31.0 Å². The summed E-state index contributed by atoms with van der Waals surface area (Å²) in [6.07, 6.45) is 2.49. The van der Waals surface area contributed by atoms with Crippen LogP contribution in [0.2, 0.25) is 0 Å². The quantitative estimate of drug-likeness (QED) is 0.835. The van der Waals surface area contributed by atoms with Crippen LogP contribution in [0.15, 0.2) is 24.3 Å². The summed E-state index contributed by atoms with van der Waals surface area (Å²) in [4.78, 5) is 14.4. The smallest absolute Gasteiger partial charge is 0.224 e. The van der Waals surface area contributed by atoms with Crippen molar-refractivity contribution < 1.29 is 9.53 Å². The van der Waals surface area contributed by atoms with Crippen molar-refractivity contribution in [3.63, 3.8) is 0 Å². The average molecular weight is 291 g/mol. The van der Waals surface area contributed by atoms with Gasteiger partial charge in [0.05, 0.1) is 6.61 Å². The van der Waals surface area contributed by atoms with E-state index < -0.39 is 0 Å². The number of anilines is 1. The Morgan fingerprint density at radius 1 is 1.29 bits per heavy atom. The van der Waals surface area contributed by atoms with Crippen molar-refractivity contribution in [2.24, 2.45) is 5.73 Å². The summed E-state index contributed by atoms with van der Waals surface area (Å²) >= 11 is 0. The molecule has 1 aliphatic heterocycles. The fourth-order valence-corrected chi connectivity index (χ4v) is 2.52. The molecule has 21 heavy (non-hydrogen) atoms. The number of rotatable bonds is 6. The highest BCUT2D eigenvalue weighted by Gasteiger charge is 2.10. The van der Waals surface area contributed by atoms with Gasteiger partial charge in [0.25, 0.3) is 0 Å². The van der Waals surface area contributed by atoms with Crippen molar-refractivity contribution in [3.8, 4) is 0 Å². The third-order valence-electron chi connectivity index (χ3n) is 3.70. The van der Waals surface area contributed by atoms with Gasteiger partial charge in [0, 0.05) is 38.3 Å². The van der Waals surface area contributed by atoms with Crippen molar-refractivity contribution in [2.75, 3.05) is 38.2 Å². The summed E-state index contributed by atoms with van der Waals surface area (Å²) in [5.74, 6) is 0.0574. The zero-order chi connectivity index (χ0) is 14.9. The number of ether oxygens (including phenoxy) is 1. The first-order valence-corrected chi connectivity index (χ1v) is 7.67. The van der Waals surface area contributed by atoms with Gasteiger partial charge in [0.2, 0.25) is 5.91 Å². The third-order valence-corrected chi connectivity index (χ3v) is 3.70. The summed E-state index contributed by atoms with van der Waals surface area (Å²) < 4.78 is 5.42. The lowest BCUT2D eigenvalue weighted by Gasteiger charge is -2.18. The maximum atomic E-state index is 12.0. The fraction of sp³-hybridized carbons (Fsp3) is 0.562. The van der Waals surface area contributed by atoms with Crippen LogP contribution < -0.4 is 11.1 Å². The van der Waals surface area contributed by atoms with E-state index in [1.54, 1.807) is 0 Å². The van der Waals surface area contributed by atoms with Gasteiger partial charge < -0.3 is 20.7 Å². The normalized spacial score (nSPS) is 16.4. The number of nitrogens with one attached hydrogen (secondary N) is 1. The Hall–Kier alpha value is -1.43. The van der Waals surface area contributed by atoms with E-state index in [4.69, 9.17) is 10.5 Å². The fourth-order valence-electron chi connectivity index (χ4n) is 2.52. The lowest BCUT2D eigenvalue weighted by atomic mass is 10.1. The second-order valence-electron chi connectivity index (χ2n) is 5.32. The molecule has 0 atom stereocenters. The molecule has 1 aliphatic rings. The Morgan fingerprint density at radius 3 is 3.00 bits per heavy atom. The number of nitrogens with zero attached hydrogens (tertiary/aromatic N) is 1. The minimum Gasteiger partial charge on any atom is -0.380 e. The zero-order valence-corrected chi connectivity index (χ0v) is 12.5. The molecule has 0 bridgehead atoms. The van der Waals surface area contributed by atoms with Crippen LogP contribution in [0.1, 0.15) is 24.8 Å². The molecule has 1 aromatic carbocycles. The summed E-state index contributed by atoms with van der Waals surface area (Å²) in [5.41, 5.74) is 7.46. The molecule has 3 N–H and O–H groups in total. The SMILES string of the molecule is NCc1ccccc1NC(=O)CCCN1CCCOCC1. The average Bonchev–Trinajstić information content (AvgIpc) is 2.76. The van der Waals surface area contributed by atoms with Crippen molar-refractivity contribution in [3.05, 3.63) is 29.8 Å². The lowest BCUT2D eigenvalue weighted by Crippen LogP contribution is -2.28. The minimum absolute atomic E-state index is 0.0574. The van der Waals surface area contributed by atoms with Crippen LogP contribution >= 0.6 is 0 Å². The molecule has 1 saturated heterocycles. The molecule has 2 rings (SSSR count). The monoisotopic (exact) mass is 291 g/mol. The second-order valence-corrected chi connectivity index (χ2v) is 5.32. The van der Waals surface area contributed by atoms with Crippen LogP contribution in [0.4, 0.5) is 5.69 Å². The van der Waals surface area contributed by atoms with Crippen molar-refractivity contribution in [2.45, 2.75) is 25.8 Å². The van der Waals surface area contributed by atoms with E-state index in [-0.39, 0.29) is 5.91 Å². The Balaban J connectivity index is 1.72. The van der Waals surface area contributed by atoms with E-state index in [0.717, 1.165) is 56.9 Å². The highest BCUT2D eigenvalue weighted by Crippen LogP contribution is 2.14. The molecule has 5 nitrogen and oxygen atoms in total. The standard InChI is InChI=1S/C16H25N3O2/c17-13-14-5-1-2-6-15(14)18-16(20)7-3-8-19-9-4-11-21-12-10-19/h1-2,5-6H,3-4,7-13,17H2,(H,18,20). The highest BCUT2D eigenvalue weighted by molar-refractivity contribution is 5.91. The molecule has 5 heteroatoms. The van der Waals surface area contributed by atoms with Gasteiger partial charge in [0.15, 0.2) is 0 Å². The summed E-state index contributed by atoms with van der Waals surface area (Å²) in [5, 5.41) is 2.95. The van der Waals surface area contributed by atoms with Crippen LogP contribution in [0.25, 0.3) is 0 Å². The minimum atomic E-state index is 0.0574. The predicted molar refractivity (Wildman–Crippen MR) is 84.1 cm³/mol.